The normalized spacial score (nSPS) is 18.3. The lowest BCUT2D eigenvalue weighted by molar-refractivity contribution is 0.0159. The Labute approximate surface area is 152 Å². The Bertz CT molecular complexity index is 528. The molecule has 1 aromatic rings. The molecule has 5 nitrogen and oxygen atoms in total. The summed E-state index contributed by atoms with van der Waals surface area (Å²) in [5.74, 6) is 1.17. The molecule has 6 heteroatoms. The Balaban J connectivity index is 1.69. The first-order chi connectivity index (χ1) is 11.3. The standard InChI is InChI=1S/C18H27BrN2O3/c1-18(2,3)24-17(22)21-10-4-6-14(13-21)7-5-11-23-16-9-8-15(19)12-20-16/h8-9,12,14H,4-7,10-11,13H2,1-3H3/t14-/m0/s1. The highest BCUT2D eigenvalue weighted by molar-refractivity contribution is 9.10. The molecule has 1 saturated heterocycles. The monoisotopic (exact) mass is 398 g/mol. The quantitative estimate of drug-likeness (QED) is 0.677. The summed E-state index contributed by atoms with van der Waals surface area (Å²) in [6, 6.07) is 3.77. The summed E-state index contributed by atoms with van der Waals surface area (Å²) < 4.78 is 12.1. The Kier molecular flexibility index (Phi) is 6.90. The average Bonchev–Trinajstić information content (AvgIpc) is 2.52. The van der Waals surface area contributed by atoms with Crippen molar-refractivity contribution in [2.24, 2.45) is 5.92 Å². The van der Waals surface area contributed by atoms with Gasteiger partial charge in [-0.25, -0.2) is 9.78 Å². The second-order valence-corrected chi connectivity index (χ2v) is 8.16. The predicted molar refractivity (Wildman–Crippen MR) is 97.2 cm³/mol. The molecule has 2 heterocycles. The van der Waals surface area contributed by atoms with Crippen molar-refractivity contribution in [3.8, 4) is 5.88 Å². The highest BCUT2D eigenvalue weighted by Gasteiger charge is 2.27. The number of hydrogen-bond donors (Lipinski definition) is 0. The van der Waals surface area contributed by atoms with Crippen LogP contribution in [0.25, 0.3) is 0 Å². The van der Waals surface area contributed by atoms with Gasteiger partial charge in [0.05, 0.1) is 6.61 Å². The second kappa shape index (κ2) is 8.70. The largest absolute Gasteiger partial charge is 0.478 e. The summed E-state index contributed by atoms with van der Waals surface area (Å²) in [6.45, 7) is 7.94. The van der Waals surface area contributed by atoms with E-state index in [0.29, 0.717) is 18.4 Å². The second-order valence-electron chi connectivity index (χ2n) is 7.24. The summed E-state index contributed by atoms with van der Waals surface area (Å²) in [4.78, 5) is 18.2. The molecule has 0 spiro atoms. The lowest BCUT2D eigenvalue weighted by Crippen LogP contribution is -2.42. The Morgan fingerprint density at radius 3 is 2.88 bits per heavy atom. The Morgan fingerprint density at radius 1 is 1.42 bits per heavy atom. The molecule has 0 bridgehead atoms. The van der Waals surface area contributed by atoms with E-state index in [-0.39, 0.29) is 6.09 Å². The Morgan fingerprint density at radius 2 is 2.21 bits per heavy atom. The summed E-state index contributed by atoms with van der Waals surface area (Å²) >= 11 is 3.35. The summed E-state index contributed by atoms with van der Waals surface area (Å²) in [5, 5.41) is 0. The molecule has 1 aromatic heterocycles. The van der Waals surface area contributed by atoms with Crippen molar-refractivity contribution in [2.45, 2.75) is 52.1 Å². The number of nitrogens with zero attached hydrogens (tertiary/aromatic N) is 2. The molecule has 1 atom stereocenters. The van der Waals surface area contributed by atoms with E-state index in [2.05, 4.69) is 20.9 Å². The minimum absolute atomic E-state index is 0.192. The van der Waals surface area contributed by atoms with Gasteiger partial charge in [-0.15, -0.1) is 0 Å². The molecule has 0 aliphatic carbocycles. The van der Waals surface area contributed by atoms with Crippen molar-refractivity contribution >= 4 is 22.0 Å². The molecule has 2 rings (SSSR count). The molecule has 1 fully saturated rings. The van der Waals surface area contributed by atoms with Crippen LogP contribution in [-0.4, -0.2) is 41.3 Å². The number of aromatic nitrogens is 1. The van der Waals surface area contributed by atoms with Crippen LogP contribution in [0.5, 0.6) is 5.88 Å². The van der Waals surface area contributed by atoms with Gasteiger partial charge in [-0.2, -0.15) is 0 Å². The topological polar surface area (TPSA) is 51.7 Å². The summed E-state index contributed by atoms with van der Waals surface area (Å²) in [5.41, 5.74) is -0.435. The van der Waals surface area contributed by atoms with Gasteiger partial charge in [-0.3, -0.25) is 0 Å². The predicted octanol–water partition coefficient (Wildman–Crippen LogP) is 4.65. The van der Waals surface area contributed by atoms with Gasteiger partial charge in [0, 0.05) is 29.8 Å². The molecule has 0 N–H and O–H groups in total. The lowest BCUT2D eigenvalue weighted by Gasteiger charge is -2.34. The van der Waals surface area contributed by atoms with Crippen LogP contribution in [0.4, 0.5) is 4.79 Å². The number of ether oxygens (including phenoxy) is 2. The lowest BCUT2D eigenvalue weighted by atomic mass is 9.94. The number of hydrogen-bond acceptors (Lipinski definition) is 4. The van der Waals surface area contributed by atoms with Crippen molar-refractivity contribution in [1.29, 1.82) is 0 Å². The minimum Gasteiger partial charge on any atom is -0.478 e. The molecule has 1 amide bonds. The van der Waals surface area contributed by atoms with E-state index in [1.165, 1.54) is 0 Å². The number of halogens is 1. The number of amides is 1. The molecule has 24 heavy (non-hydrogen) atoms. The summed E-state index contributed by atoms with van der Waals surface area (Å²) in [7, 11) is 0. The maximum absolute atomic E-state index is 12.2. The van der Waals surface area contributed by atoms with Crippen LogP contribution in [0.15, 0.2) is 22.8 Å². The third-order valence-electron chi connectivity index (χ3n) is 3.88. The van der Waals surface area contributed by atoms with Crippen LogP contribution in [0.3, 0.4) is 0 Å². The third kappa shape index (κ3) is 6.67. The van der Waals surface area contributed by atoms with E-state index in [1.54, 1.807) is 6.20 Å². The van der Waals surface area contributed by atoms with Crippen LogP contribution in [0.1, 0.15) is 46.5 Å². The fourth-order valence-corrected chi connectivity index (χ4v) is 3.02. The van der Waals surface area contributed by atoms with Crippen LogP contribution < -0.4 is 4.74 Å². The van der Waals surface area contributed by atoms with Crippen LogP contribution in [0, 0.1) is 5.92 Å². The highest BCUT2D eigenvalue weighted by atomic mass is 79.9. The van der Waals surface area contributed by atoms with E-state index >= 15 is 0 Å². The molecule has 0 saturated carbocycles. The van der Waals surface area contributed by atoms with Gasteiger partial charge in [-0.1, -0.05) is 0 Å². The smallest absolute Gasteiger partial charge is 0.410 e. The fourth-order valence-electron chi connectivity index (χ4n) is 2.79. The van der Waals surface area contributed by atoms with Crippen LogP contribution in [0.2, 0.25) is 0 Å². The van der Waals surface area contributed by atoms with E-state index in [9.17, 15) is 4.79 Å². The fraction of sp³-hybridized carbons (Fsp3) is 0.667. The molecule has 134 valence electrons. The zero-order valence-corrected chi connectivity index (χ0v) is 16.3. The minimum atomic E-state index is -0.435. The van der Waals surface area contributed by atoms with Gasteiger partial charge in [0.2, 0.25) is 5.88 Å². The molecule has 0 radical (unpaired) electrons. The summed E-state index contributed by atoms with van der Waals surface area (Å²) in [6.07, 6.45) is 5.76. The van der Waals surface area contributed by atoms with Crippen molar-refractivity contribution in [3.63, 3.8) is 0 Å². The molecule has 0 aromatic carbocycles. The average molecular weight is 399 g/mol. The van der Waals surface area contributed by atoms with E-state index in [4.69, 9.17) is 9.47 Å². The molecule has 1 aliphatic rings. The first kappa shape index (κ1) is 19.0. The van der Waals surface area contributed by atoms with Crippen molar-refractivity contribution in [3.05, 3.63) is 22.8 Å². The van der Waals surface area contributed by atoms with Crippen molar-refractivity contribution in [1.82, 2.24) is 9.88 Å². The third-order valence-corrected chi connectivity index (χ3v) is 4.35. The maximum Gasteiger partial charge on any atom is 0.410 e. The molecular weight excluding hydrogens is 372 g/mol. The zero-order valence-electron chi connectivity index (χ0n) is 14.8. The maximum atomic E-state index is 12.2. The van der Waals surface area contributed by atoms with E-state index in [0.717, 1.165) is 43.2 Å². The van der Waals surface area contributed by atoms with Gasteiger partial charge in [-0.05, 0) is 74.4 Å². The molecular formula is C18H27BrN2O3. The van der Waals surface area contributed by atoms with Gasteiger partial charge in [0.15, 0.2) is 0 Å². The Hall–Kier alpha value is -1.30. The first-order valence-electron chi connectivity index (χ1n) is 8.56. The van der Waals surface area contributed by atoms with E-state index < -0.39 is 5.60 Å². The number of pyridine rings is 1. The SMILES string of the molecule is CC(C)(C)OC(=O)N1CCC[C@@H](CCCOc2ccc(Br)cn2)C1. The van der Waals surface area contributed by atoms with Crippen LogP contribution >= 0.6 is 15.9 Å². The van der Waals surface area contributed by atoms with E-state index in [1.807, 2.05) is 37.8 Å². The number of carbonyl (C=O) groups is 1. The van der Waals surface area contributed by atoms with Gasteiger partial charge in [0.25, 0.3) is 0 Å². The first-order valence-corrected chi connectivity index (χ1v) is 9.35. The highest BCUT2D eigenvalue weighted by Crippen LogP contribution is 2.23. The van der Waals surface area contributed by atoms with Gasteiger partial charge >= 0.3 is 6.09 Å². The van der Waals surface area contributed by atoms with Crippen molar-refractivity contribution < 1.29 is 14.3 Å². The number of carbonyl (C=O) groups excluding carboxylic acids is 1. The zero-order chi connectivity index (χ0) is 17.6. The van der Waals surface area contributed by atoms with Crippen molar-refractivity contribution in [2.75, 3.05) is 19.7 Å². The molecule has 0 unspecified atom stereocenters. The number of piperidine rings is 1. The number of likely N-dealkylation sites (tertiary alicyclic amines) is 1. The molecule has 1 aliphatic heterocycles. The number of rotatable bonds is 5. The van der Waals surface area contributed by atoms with Gasteiger partial charge in [0.1, 0.15) is 5.60 Å². The van der Waals surface area contributed by atoms with Gasteiger partial charge < -0.3 is 14.4 Å². The van der Waals surface area contributed by atoms with Crippen LogP contribution in [-0.2, 0) is 4.74 Å².